The molecular formula is C20H19NO3. The number of rotatable bonds is 2. The minimum Gasteiger partial charge on any atom is -0.490 e. The monoisotopic (exact) mass is 321 g/mol. The van der Waals surface area contributed by atoms with Crippen molar-refractivity contribution in [3.63, 3.8) is 0 Å². The number of fused-ring (bicyclic) bond motifs is 2. The molecule has 1 N–H and O–H groups in total. The number of benzene rings is 2. The van der Waals surface area contributed by atoms with E-state index < -0.39 is 0 Å². The van der Waals surface area contributed by atoms with Crippen LogP contribution in [0.4, 0.5) is 0 Å². The van der Waals surface area contributed by atoms with Crippen molar-refractivity contribution in [2.45, 2.75) is 12.8 Å². The number of allylic oxidation sites excluding steroid dienone is 1. The molecule has 2 aliphatic rings. The Balaban J connectivity index is 1.72. The maximum Gasteiger partial charge on any atom is 0.187 e. The molecule has 2 heterocycles. The summed E-state index contributed by atoms with van der Waals surface area (Å²) in [4.78, 5) is 12.5. The first-order chi connectivity index (χ1) is 11.8. The minimum absolute atomic E-state index is 0.00180. The van der Waals surface area contributed by atoms with Gasteiger partial charge < -0.3 is 14.8 Å². The van der Waals surface area contributed by atoms with Crippen molar-refractivity contribution >= 4 is 11.5 Å². The molecule has 24 heavy (non-hydrogen) atoms. The lowest BCUT2D eigenvalue weighted by molar-refractivity contribution is 0.104. The molecular weight excluding hydrogens is 302 g/mol. The highest BCUT2D eigenvalue weighted by Gasteiger charge is 2.20. The van der Waals surface area contributed by atoms with Crippen LogP contribution in [0.1, 0.15) is 27.9 Å². The molecule has 4 rings (SSSR count). The summed E-state index contributed by atoms with van der Waals surface area (Å²) in [6, 6.07) is 13.4. The fraction of sp³-hybridized carbons (Fsp3) is 0.250. The van der Waals surface area contributed by atoms with Gasteiger partial charge in [0.05, 0.1) is 13.2 Å². The van der Waals surface area contributed by atoms with E-state index in [0.29, 0.717) is 18.8 Å². The Morgan fingerprint density at radius 1 is 1.04 bits per heavy atom. The fourth-order valence-corrected chi connectivity index (χ4v) is 3.08. The van der Waals surface area contributed by atoms with Crippen LogP contribution >= 0.6 is 0 Å². The molecule has 0 unspecified atom stereocenters. The van der Waals surface area contributed by atoms with Gasteiger partial charge in [-0.15, -0.1) is 0 Å². The van der Waals surface area contributed by atoms with Crippen LogP contribution in [0, 0.1) is 0 Å². The van der Waals surface area contributed by atoms with Gasteiger partial charge >= 0.3 is 0 Å². The third-order valence-corrected chi connectivity index (χ3v) is 4.31. The Hall–Kier alpha value is -2.75. The third kappa shape index (κ3) is 2.87. The zero-order valence-corrected chi connectivity index (χ0v) is 13.4. The summed E-state index contributed by atoms with van der Waals surface area (Å²) in [6.45, 7) is 2.14. The van der Waals surface area contributed by atoms with Gasteiger partial charge in [-0.05, 0) is 24.1 Å². The number of hydrogen-bond donors (Lipinski definition) is 1. The molecule has 0 radical (unpaired) electrons. The van der Waals surface area contributed by atoms with E-state index >= 15 is 0 Å². The normalized spacial score (nSPS) is 17.6. The molecule has 4 heteroatoms. The van der Waals surface area contributed by atoms with Crippen LogP contribution < -0.4 is 14.8 Å². The van der Waals surface area contributed by atoms with Crippen molar-refractivity contribution < 1.29 is 14.3 Å². The standard InChI is InChI=1S/C20H19NO3/c22-18(14-5-2-1-3-6-14)13-17-16-12-20-19(23-9-4-10-24-20)11-15(16)7-8-21-17/h1-3,5-6,11-13,21H,4,7-10H2. The maximum atomic E-state index is 12.5. The van der Waals surface area contributed by atoms with Crippen LogP contribution in [0.5, 0.6) is 11.5 Å². The van der Waals surface area contributed by atoms with E-state index in [1.165, 1.54) is 5.56 Å². The van der Waals surface area contributed by atoms with Crippen LogP contribution in [0.2, 0.25) is 0 Å². The van der Waals surface area contributed by atoms with Gasteiger partial charge in [-0.2, -0.15) is 0 Å². The summed E-state index contributed by atoms with van der Waals surface area (Å²) in [5.41, 5.74) is 3.74. The van der Waals surface area contributed by atoms with Crippen LogP contribution in [-0.4, -0.2) is 25.5 Å². The molecule has 4 nitrogen and oxygen atoms in total. The van der Waals surface area contributed by atoms with Gasteiger partial charge in [-0.25, -0.2) is 0 Å². The number of ether oxygens (including phenoxy) is 2. The summed E-state index contributed by atoms with van der Waals surface area (Å²) >= 11 is 0. The number of hydrogen-bond acceptors (Lipinski definition) is 4. The molecule has 0 atom stereocenters. The second-order valence-electron chi connectivity index (χ2n) is 5.97. The van der Waals surface area contributed by atoms with E-state index in [0.717, 1.165) is 42.1 Å². The van der Waals surface area contributed by atoms with E-state index in [9.17, 15) is 4.79 Å². The summed E-state index contributed by atoms with van der Waals surface area (Å²) in [6.07, 6.45) is 3.47. The average molecular weight is 321 g/mol. The summed E-state index contributed by atoms with van der Waals surface area (Å²) in [7, 11) is 0. The van der Waals surface area contributed by atoms with Crippen LogP contribution in [0.15, 0.2) is 48.5 Å². The van der Waals surface area contributed by atoms with E-state index in [4.69, 9.17) is 9.47 Å². The smallest absolute Gasteiger partial charge is 0.187 e. The first-order valence-corrected chi connectivity index (χ1v) is 8.29. The zero-order chi connectivity index (χ0) is 16.4. The van der Waals surface area contributed by atoms with Gasteiger partial charge in [0.1, 0.15) is 0 Å². The van der Waals surface area contributed by atoms with Crippen molar-refractivity contribution in [1.82, 2.24) is 5.32 Å². The second-order valence-corrected chi connectivity index (χ2v) is 5.97. The second kappa shape index (κ2) is 6.40. The molecule has 0 saturated heterocycles. The summed E-state index contributed by atoms with van der Waals surface area (Å²) < 4.78 is 11.6. The van der Waals surface area contributed by atoms with Crippen LogP contribution in [-0.2, 0) is 6.42 Å². The largest absolute Gasteiger partial charge is 0.490 e. The van der Waals surface area contributed by atoms with E-state index in [1.807, 2.05) is 36.4 Å². The van der Waals surface area contributed by atoms with E-state index in [1.54, 1.807) is 6.08 Å². The highest BCUT2D eigenvalue weighted by Crippen LogP contribution is 2.36. The molecule has 0 spiro atoms. The summed E-state index contributed by atoms with van der Waals surface area (Å²) in [5, 5.41) is 3.34. The Kier molecular flexibility index (Phi) is 3.95. The Morgan fingerprint density at radius 3 is 2.58 bits per heavy atom. The van der Waals surface area contributed by atoms with E-state index in [-0.39, 0.29) is 5.78 Å². The molecule has 0 aliphatic carbocycles. The lowest BCUT2D eigenvalue weighted by atomic mass is 9.95. The molecule has 2 aromatic carbocycles. The van der Waals surface area contributed by atoms with Gasteiger partial charge in [-0.1, -0.05) is 30.3 Å². The van der Waals surface area contributed by atoms with Crippen molar-refractivity contribution in [1.29, 1.82) is 0 Å². The van der Waals surface area contributed by atoms with Crippen molar-refractivity contribution in [2.24, 2.45) is 0 Å². The molecule has 0 aromatic heterocycles. The summed E-state index contributed by atoms with van der Waals surface area (Å²) in [5.74, 6) is 1.56. The van der Waals surface area contributed by atoms with Gasteiger partial charge in [0, 0.05) is 35.9 Å². The van der Waals surface area contributed by atoms with Crippen molar-refractivity contribution in [3.05, 3.63) is 65.2 Å². The van der Waals surface area contributed by atoms with E-state index in [2.05, 4.69) is 11.4 Å². The molecule has 0 bridgehead atoms. The molecule has 0 fully saturated rings. The number of nitrogens with one attached hydrogen (secondary N) is 1. The maximum absolute atomic E-state index is 12.5. The van der Waals surface area contributed by atoms with Crippen LogP contribution in [0.25, 0.3) is 5.70 Å². The molecule has 0 saturated carbocycles. The Bertz CT molecular complexity index is 796. The zero-order valence-electron chi connectivity index (χ0n) is 13.4. The van der Waals surface area contributed by atoms with Gasteiger partial charge in [0.25, 0.3) is 0 Å². The molecule has 0 amide bonds. The molecule has 122 valence electrons. The Morgan fingerprint density at radius 2 is 1.79 bits per heavy atom. The first kappa shape index (κ1) is 14.8. The topological polar surface area (TPSA) is 47.6 Å². The predicted molar refractivity (Wildman–Crippen MR) is 92.5 cm³/mol. The highest BCUT2D eigenvalue weighted by atomic mass is 16.5. The lowest BCUT2D eigenvalue weighted by Gasteiger charge is -2.23. The number of carbonyl (C=O) groups excluding carboxylic acids is 1. The SMILES string of the molecule is O=C(C=C1NCCc2cc3c(cc21)OCCCO3)c1ccccc1. The lowest BCUT2D eigenvalue weighted by Crippen LogP contribution is -2.23. The molecule has 2 aliphatic heterocycles. The third-order valence-electron chi connectivity index (χ3n) is 4.31. The van der Waals surface area contributed by atoms with Gasteiger partial charge in [-0.3, -0.25) is 4.79 Å². The van der Waals surface area contributed by atoms with Crippen LogP contribution in [0.3, 0.4) is 0 Å². The van der Waals surface area contributed by atoms with Gasteiger partial charge in [0.15, 0.2) is 17.3 Å². The number of ketones is 1. The van der Waals surface area contributed by atoms with Crippen molar-refractivity contribution in [3.8, 4) is 11.5 Å². The Labute approximate surface area is 141 Å². The minimum atomic E-state index is -0.00180. The molecule has 2 aromatic rings. The first-order valence-electron chi connectivity index (χ1n) is 8.29. The average Bonchev–Trinajstić information content (AvgIpc) is 2.86. The fourth-order valence-electron chi connectivity index (χ4n) is 3.08. The van der Waals surface area contributed by atoms with Gasteiger partial charge in [0.2, 0.25) is 0 Å². The van der Waals surface area contributed by atoms with Crippen molar-refractivity contribution in [2.75, 3.05) is 19.8 Å². The number of carbonyl (C=O) groups is 1. The predicted octanol–water partition coefficient (Wildman–Crippen LogP) is 3.22. The quantitative estimate of drug-likeness (QED) is 0.681. The highest BCUT2D eigenvalue weighted by molar-refractivity contribution is 6.08.